The largest absolute Gasteiger partial charge is 0.380 e. The van der Waals surface area contributed by atoms with Gasteiger partial charge in [-0.05, 0) is 26.7 Å². The van der Waals surface area contributed by atoms with Crippen LogP contribution in [0.5, 0.6) is 0 Å². The summed E-state index contributed by atoms with van der Waals surface area (Å²) in [6.45, 7) is 6.75. The molecular formula is C14H28N2O2. The maximum absolute atomic E-state index is 12.5. The van der Waals surface area contributed by atoms with Crippen LogP contribution in [0.25, 0.3) is 0 Å². The van der Waals surface area contributed by atoms with Crippen molar-refractivity contribution in [2.75, 3.05) is 26.3 Å². The van der Waals surface area contributed by atoms with Crippen molar-refractivity contribution >= 4 is 5.91 Å². The molecule has 1 aliphatic carbocycles. The van der Waals surface area contributed by atoms with E-state index in [2.05, 4.69) is 0 Å². The summed E-state index contributed by atoms with van der Waals surface area (Å²) < 4.78 is 5.33. The highest BCUT2D eigenvalue weighted by Crippen LogP contribution is 2.24. The topological polar surface area (TPSA) is 55.6 Å². The second-order valence-corrected chi connectivity index (χ2v) is 5.02. The fourth-order valence-corrected chi connectivity index (χ4v) is 2.62. The predicted octanol–water partition coefficient (Wildman–Crippen LogP) is 1.78. The normalized spacial score (nSPS) is 24.6. The van der Waals surface area contributed by atoms with E-state index in [1.165, 1.54) is 6.42 Å². The van der Waals surface area contributed by atoms with E-state index in [1.54, 1.807) is 0 Å². The Morgan fingerprint density at radius 3 is 2.67 bits per heavy atom. The van der Waals surface area contributed by atoms with Gasteiger partial charge in [-0.25, -0.2) is 0 Å². The minimum atomic E-state index is 0.0223. The number of nitrogens with two attached hydrogens (primary N) is 1. The van der Waals surface area contributed by atoms with Crippen LogP contribution >= 0.6 is 0 Å². The molecular weight excluding hydrogens is 228 g/mol. The van der Waals surface area contributed by atoms with Crippen LogP contribution < -0.4 is 5.73 Å². The summed E-state index contributed by atoms with van der Waals surface area (Å²) in [6.07, 6.45) is 5.44. The third-order valence-corrected chi connectivity index (χ3v) is 3.79. The van der Waals surface area contributed by atoms with Crippen molar-refractivity contribution in [3.05, 3.63) is 0 Å². The summed E-state index contributed by atoms with van der Waals surface area (Å²) in [6, 6.07) is 0.0427. The molecule has 0 saturated heterocycles. The van der Waals surface area contributed by atoms with Crippen LogP contribution in [-0.4, -0.2) is 43.2 Å². The minimum absolute atomic E-state index is 0.0223. The molecule has 1 saturated carbocycles. The highest BCUT2D eigenvalue weighted by atomic mass is 16.5. The Labute approximate surface area is 111 Å². The van der Waals surface area contributed by atoms with E-state index in [1.807, 2.05) is 18.7 Å². The number of hydrogen-bond donors (Lipinski definition) is 1. The van der Waals surface area contributed by atoms with E-state index in [0.717, 1.165) is 32.2 Å². The molecule has 1 rings (SSSR count). The van der Waals surface area contributed by atoms with Gasteiger partial charge in [-0.15, -0.1) is 0 Å². The Balaban J connectivity index is 2.52. The van der Waals surface area contributed by atoms with Crippen LogP contribution in [-0.2, 0) is 9.53 Å². The van der Waals surface area contributed by atoms with Gasteiger partial charge in [-0.2, -0.15) is 0 Å². The van der Waals surface area contributed by atoms with Crippen LogP contribution in [0, 0.1) is 5.92 Å². The quantitative estimate of drug-likeness (QED) is 0.582. The third-order valence-electron chi connectivity index (χ3n) is 3.79. The molecule has 2 atom stereocenters. The lowest BCUT2D eigenvalue weighted by Gasteiger charge is -2.28. The zero-order valence-electron chi connectivity index (χ0n) is 11.9. The SMILES string of the molecule is CCOCCN(CC)C(=O)[C@H]1CCCCC[C@H]1N. The van der Waals surface area contributed by atoms with Crippen LogP contribution in [0.4, 0.5) is 0 Å². The highest BCUT2D eigenvalue weighted by molar-refractivity contribution is 5.79. The molecule has 0 aromatic rings. The fraction of sp³-hybridized carbons (Fsp3) is 0.929. The van der Waals surface area contributed by atoms with Crippen molar-refractivity contribution in [3.63, 3.8) is 0 Å². The van der Waals surface area contributed by atoms with Crippen molar-refractivity contribution in [1.29, 1.82) is 0 Å². The number of nitrogens with zero attached hydrogens (tertiary/aromatic N) is 1. The predicted molar refractivity (Wildman–Crippen MR) is 73.3 cm³/mol. The second-order valence-electron chi connectivity index (χ2n) is 5.02. The molecule has 0 unspecified atom stereocenters. The summed E-state index contributed by atoms with van der Waals surface area (Å²) in [7, 11) is 0. The van der Waals surface area contributed by atoms with Gasteiger partial charge in [0.2, 0.25) is 5.91 Å². The monoisotopic (exact) mass is 256 g/mol. The standard InChI is InChI=1S/C14H28N2O2/c1-3-16(10-11-18-4-2)14(17)12-8-6-5-7-9-13(12)15/h12-13H,3-11,15H2,1-2H3/t12-,13+/m0/s1. The molecule has 0 aromatic carbocycles. The maximum Gasteiger partial charge on any atom is 0.227 e. The van der Waals surface area contributed by atoms with E-state index >= 15 is 0 Å². The summed E-state index contributed by atoms with van der Waals surface area (Å²) in [5.41, 5.74) is 6.15. The van der Waals surface area contributed by atoms with Gasteiger partial charge in [0.15, 0.2) is 0 Å². The first kappa shape index (κ1) is 15.4. The molecule has 1 fully saturated rings. The highest BCUT2D eigenvalue weighted by Gasteiger charge is 2.29. The Kier molecular flexibility index (Phi) is 7.28. The molecule has 0 spiro atoms. The number of carbonyl (C=O) groups is 1. The van der Waals surface area contributed by atoms with E-state index < -0.39 is 0 Å². The number of hydrogen-bond acceptors (Lipinski definition) is 3. The van der Waals surface area contributed by atoms with Crippen LogP contribution in [0.1, 0.15) is 46.0 Å². The lowest BCUT2D eigenvalue weighted by Crippen LogP contribution is -2.44. The Hall–Kier alpha value is -0.610. The molecule has 4 heteroatoms. The van der Waals surface area contributed by atoms with Gasteiger partial charge in [-0.1, -0.05) is 19.3 Å². The second kappa shape index (κ2) is 8.48. The molecule has 0 aromatic heterocycles. The molecule has 0 aliphatic heterocycles. The van der Waals surface area contributed by atoms with E-state index in [0.29, 0.717) is 19.8 Å². The van der Waals surface area contributed by atoms with Gasteiger partial charge in [0.05, 0.1) is 12.5 Å². The van der Waals surface area contributed by atoms with Crippen LogP contribution in [0.15, 0.2) is 0 Å². The number of ether oxygens (including phenoxy) is 1. The maximum atomic E-state index is 12.5. The van der Waals surface area contributed by atoms with Crippen molar-refractivity contribution in [3.8, 4) is 0 Å². The summed E-state index contributed by atoms with van der Waals surface area (Å²) in [4.78, 5) is 14.4. The molecule has 2 N–H and O–H groups in total. The average molecular weight is 256 g/mol. The average Bonchev–Trinajstić information content (AvgIpc) is 2.59. The molecule has 0 heterocycles. The Morgan fingerprint density at radius 2 is 2.00 bits per heavy atom. The molecule has 18 heavy (non-hydrogen) atoms. The number of rotatable bonds is 6. The zero-order valence-corrected chi connectivity index (χ0v) is 11.9. The molecule has 4 nitrogen and oxygen atoms in total. The van der Waals surface area contributed by atoms with Gasteiger partial charge in [0, 0.05) is 25.7 Å². The van der Waals surface area contributed by atoms with Gasteiger partial charge in [-0.3, -0.25) is 4.79 Å². The first-order valence-corrected chi connectivity index (χ1v) is 7.32. The molecule has 106 valence electrons. The minimum Gasteiger partial charge on any atom is -0.380 e. The number of likely N-dealkylation sites (N-methyl/N-ethyl adjacent to an activating group) is 1. The lowest BCUT2D eigenvalue weighted by atomic mass is 9.94. The molecule has 1 aliphatic rings. The fourth-order valence-electron chi connectivity index (χ4n) is 2.62. The van der Waals surface area contributed by atoms with E-state index in [-0.39, 0.29) is 17.9 Å². The first-order chi connectivity index (χ1) is 8.70. The summed E-state index contributed by atoms with van der Waals surface area (Å²) in [5, 5.41) is 0. The van der Waals surface area contributed by atoms with Gasteiger partial charge in [0.25, 0.3) is 0 Å². The van der Waals surface area contributed by atoms with Crippen LogP contribution in [0.3, 0.4) is 0 Å². The number of amides is 1. The Bertz CT molecular complexity index is 246. The third kappa shape index (κ3) is 4.58. The summed E-state index contributed by atoms with van der Waals surface area (Å²) >= 11 is 0. The first-order valence-electron chi connectivity index (χ1n) is 7.32. The molecule has 0 bridgehead atoms. The van der Waals surface area contributed by atoms with E-state index in [9.17, 15) is 4.79 Å². The van der Waals surface area contributed by atoms with E-state index in [4.69, 9.17) is 10.5 Å². The van der Waals surface area contributed by atoms with Crippen molar-refractivity contribution in [2.45, 2.75) is 52.0 Å². The van der Waals surface area contributed by atoms with Crippen molar-refractivity contribution in [1.82, 2.24) is 4.90 Å². The van der Waals surface area contributed by atoms with Crippen molar-refractivity contribution in [2.24, 2.45) is 11.7 Å². The zero-order chi connectivity index (χ0) is 13.4. The molecule has 1 amide bonds. The van der Waals surface area contributed by atoms with Gasteiger partial charge >= 0.3 is 0 Å². The smallest absolute Gasteiger partial charge is 0.227 e. The van der Waals surface area contributed by atoms with Gasteiger partial charge < -0.3 is 15.4 Å². The summed E-state index contributed by atoms with van der Waals surface area (Å²) in [5.74, 6) is 0.251. The van der Waals surface area contributed by atoms with Crippen LogP contribution in [0.2, 0.25) is 0 Å². The molecule has 0 radical (unpaired) electrons. The van der Waals surface area contributed by atoms with Gasteiger partial charge in [0.1, 0.15) is 0 Å². The van der Waals surface area contributed by atoms with Crippen molar-refractivity contribution < 1.29 is 9.53 Å². The number of carbonyl (C=O) groups excluding carboxylic acids is 1. The Morgan fingerprint density at radius 1 is 1.28 bits per heavy atom. The lowest BCUT2D eigenvalue weighted by molar-refractivity contribution is -0.137.